The average molecular weight is 467 g/mol. The smallest absolute Gasteiger partial charge is 0.335 e. The van der Waals surface area contributed by atoms with E-state index in [9.17, 15) is 9.90 Å². The minimum atomic E-state index is -0.959. The van der Waals surface area contributed by atoms with Crippen LogP contribution in [0, 0.1) is 0 Å². The van der Waals surface area contributed by atoms with Crippen LogP contribution < -0.4 is 4.74 Å². The van der Waals surface area contributed by atoms with E-state index in [-0.39, 0.29) is 5.56 Å². The standard InChI is InChI=1S/C25H20Cl2N2O3/c26-17-12-18(27)14-21(13-17)32-20-7-3-4-15(10-20)24-28-22-11-16(25(30)31)8-9-23(22)29(24)19-5-1-2-6-19/h3-4,7-14,19H,1-2,5-6H2,(H,30,31). The number of hydrogen-bond acceptors (Lipinski definition) is 3. The summed E-state index contributed by atoms with van der Waals surface area (Å²) in [4.78, 5) is 16.3. The van der Waals surface area contributed by atoms with Crippen molar-refractivity contribution in [3.05, 3.63) is 76.3 Å². The molecule has 0 spiro atoms. The summed E-state index contributed by atoms with van der Waals surface area (Å²) in [5.74, 6) is 1.04. The molecule has 5 nitrogen and oxygen atoms in total. The largest absolute Gasteiger partial charge is 0.478 e. The SMILES string of the molecule is O=C(O)c1ccc2c(c1)nc(-c1cccc(Oc3cc(Cl)cc(Cl)c3)c1)n2C1CCCC1. The zero-order valence-electron chi connectivity index (χ0n) is 17.1. The third-order valence-electron chi connectivity index (χ3n) is 5.79. The maximum Gasteiger partial charge on any atom is 0.335 e. The molecule has 0 radical (unpaired) electrons. The van der Waals surface area contributed by atoms with Gasteiger partial charge in [0.1, 0.15) is 17.3 Å². The molecule has 1 saturated carbocycles. The van der Waals surface area contributed by atoms with Crippen molar-refractivity contribution in [2.75, 3.05) is 0 Å². The van der Waals surface area contributed by atoms with Gasteiger partial charge in [-0.25, -0.2) is 9.78 Å². The quantitative estimate of drug-likeness (QED) is 0.328. The van der Waals surface area contributed by atoms with Crippen LogP contribution in [0.3, 0.4) is 0 Å². The molecule has 0 bridgehead atoms. The lowest BCUT2D eigenvalue weighted by Crippen LogP contribution is -2.06. The lowest BCUT2D eigenvalue weighted by molar-refractivity contribution is 0.0697. The fourth-order valence-corrected chi connectivity index (χ4v) is 4.90. The molecule has 1 aliphatic rings. The van der Waals surface area contributed by atoms with Gasteiger partial charge in [0.2, 0.25) is 0 Å². The normalized spacial score (nSPS) is 14.2. The van der Waals surface area contributed by atoms with Crippen molar-refractivity contribution in [2.45, 2.75) is 31.7 Å². The lowest BCUT2D eigenvalue weighted by Gasteiger charge is -2.17. The van der Waals surface area contributed by atoms with Crippen LogP contribution in [0.1, 0.15) is 42.1 Å². The highest BCUT2D eigenvalue weighted by molar-refractivity contribution is 6.34. The molecule has 32 heavy (non-hydrogen) atoms. The van der Waals surface area contributed by atoms with E-state index in [0.29, 0.717) is 33.1 Å². The van der Waals surface area contributed by atoms with E-state index in [0.717, 1.165) is 29.7 Å². The molecule has 1 N–H and O–H groups in total. The van der Waals surface area contributed by atoms with Crippen molar-refractivity contribution in [1.82, 2.24) is 9.55 Å². The van der Waals surface area contributed by atoms with Crippen LogP contribution in [-0.4, -0.2) is 20.6 Å². The number of benzene rings is 3. The summed E-state index contributed by atoms with van der Waals surface area (Å²) in [6, 6.07) is 18.3. The highest BCUT2D eigenvalue weighted by Gasteiger charge is 2.24. The second-order valence-electron chi connectivity index (χ2n) is 7.99. The van der Waals surface area contributed by atoms with Crippen LogP contribution in [-0.2, 0) is 0 Å². The monoisotopic (exact) mass is 466 g/mol. The summed E-state index contributed by atoms with van der Waals surface area (Å²) in [5, 5.41) is 10.4. The predicted molar refractivity (Wildman–Crippen MR) is 126 cm³/mol. The minimum Gasteiger partial charge on any atom is -0.478 e. The maximum absolute atomic E-state index is 11.5. The number of carboxylic acid groups (broad SMARTS) is 1. The van der Waals surface area contributed by atoms with E-state index in [2.05, 4.69) is 4.57 Å². The van der Waals surface area contributed by atoms with Crippen LogP contribution in [0.4, 0.5) is 0 Å². The van der Waals surface area contributed by atoms with Gasteiger partial charge in [-0.3, -0.25) is 0 Å². The molecule has 0 amide bonds. The van der Waals surface area contributed by atoms with Crippen molar-refractivity contribution in [3.63, 3.8) is 0 Å². The van der Waals surface area contributed by atoms with Gasteiger partial charge in [-0.15, -0.1) is 0 Å². The van der Waals surface area contributed by atoms with Crippen molar-refractivity contribution in [1.29, 1.82) is 0 Å². The van der Waals surface area contributed by atoms with E-state index in [1.807, 2.05) is 30.3 Å². The first-order valence-corrected chi connectivity index (χ1v) is 11.2. The molecule has 0 unspecified atom stereocenters. The van der Waals surface area contributed by atoms with E-state index < -0.39 is 5.97 Å². The number of carbonyl (C=O) groups is 1. The molecule has 1 fully saturated rings. The summed E-state index contributed by atoms with van der Waals surface area (Å²) in [7, 11) is 0. The Hall–Kier alpha value is -3.02. The van der Waals surface area contributed by atoms with Gasteiger partial charge in [0.05, 0.1) is 16.6 Å². The van der Waals surface area contributed by atoms with Crippen LogP contribution in [0.25, 0.3) is 22.4 Å². The number of ether oxygens (including phenoxy) is 1. The summed E-state index contributed by atoms with van der Waals surface area (Å²) < 4.78 is 8.26. The van der Waals surface area contributed by atoms with Crippen LogP contribution in [0.15, 0.2) is 60.7 Å². The predicted octanol–water partition coefficient (Wildman–Crippen LogP) is 7.62. The van der Waals surface area contributed by atoms with Crippen molar-refractivity contribution in [2.24, 2.45) is 0 Å². The Bertz CT molecular complexity index is 1310. The molecule has 1 heterocycles. The Labute approximate surface area is 195 Å². The van der Waals surface area contributed by atoms with Gasteiger partial charge >= 0.3 is 5.97 Å². The molecule has 0 atom stereocenters. The number of halogens is 2. The molecule has 0 aliphatic heterocycles. The van der Waals surface area contributed by atoms with Gasteiger partial charge < -0.3 is 14.4 Å². The molecular weight excluding hydrogens is 447 g/mol. The van der Waals surface area contributed by atoms with Gasteiger partial charge in [0.15, 0.2) is 0 Å². The van der Waals surface area contributed by atoms with Gasteiger partial charge in [-0.1, -0.05) is 48.2 Å². The third-order valence-corrected chi connectivity index (χ3v) is 6.23. The number of nitrogens with zero attached hydrogens (tertiary/aromatic N) is 2. The fraction of sp³-hybridized carbons (Fsp3) is 0.200. The first kappa shape index (κ1) is 20.9. The number of fused-ring (bicyclic) bond motifs is 1. The minimum absolute atomic E-state index is 0.232. The number of aromatic nitrogens is 2. The van der Waals surface area contributed by atoms with Gasteiger partial charge in [-0.05, 0) is 61.4 Å². The lowest BCUT2D eigenvalue weighted by atomic mass is 10.1. The molecule has 162 valence electrons. The summed E-state index contributed by atoms with van der Waals surface area (Å²) in [6.45, 7) is 0. The van der Waals surface area contributed by atoms with Crippen molar-refractivity contribution < 1.29 is 14.6 Å². The topological polar surface area (TPSA) is 64.3 Å². The number of rotatable bonds is 5. The van der Waals surface area contributed by atoms with E-state index in [1.165, 1.54) is 12.8 Å². The van der Waals surface area contributed by atoms with Gasteiger partial charge in [-0.2, -0.15) is 0 Å². The molecule has 0 saturated heterocycles. The Balaban J connectivity index is 1.59. The summed E-state index contributed by atoms with van der Waals surface area (Å²) in [6.07, 6.45) is 4.51. The van der Waals surface area contributed by atoms with Gasteiger partial charge in [0, 0.05) is 21.7 Å². The van der Waals surface area contributed by atoms with Crippen LogP contribution in [0.2, 0.25) is 10.0 Å². The summed E-state index contributed by atoms with van der Waals surface area (Å²) >= 11 is 12.2. The molecule has 4 aromatic rings. The zero-order chi connectivity index (χ0) is 22.2. The number of aromatic carboxylic acids is 1. The third kappa shape index (κ3) is 4.06. The van der Waals surface area contributed by atoms with Crippen molar-refractivity contribution >= 4 is 40.2 Å². The number of imidazole rings is 1. The number of hydrogen-bond donors (Lipinski definition) is 1. The highest BCUT2D eigenvalue weighted by atomic mass is 35.5. The Morgan fingerprint density at radius 3 is 2.44 bits per heavy atom. The Morgan fingerprint density at radius 2 is 1.72 bits per heavy atom. The maximum atomic E-state index is 11.5. The second kappa shape index (κ2) is 8.49. The zero-order valence-corrected chi connectivity index (χ0v) is 18.6. The summed E-state index contributed by atoms with van der Waals surface area (Å²) in [5.41, 5.74) is 2.76. The average Bonchev–Trinajstić information content (AvgIpc) is 3.40. The second-order valence-corrected chi connectivity index (χ2v) is 8.86. The van der Waals surface area contributed by atoms with E-state index in [4.69, 9.17) is 32.9 Å². The fourth-order valence-electron chi connectivity index (χ4n) is 4.39. The molecule has 3 aromatic carbocycles. The van der Waals surface area contributed by atoms with Crippen molar-refractivity contribution in [3.8, 4) is 22.9 Å². The molecule has 5 rings (SSSR count). The van der Waals surface area contributed by atoms with Crippen LogP contribution >= 0.6 is 23.2 Å². The number of carboxylic acids is 1. The first-order chi connectivity index (χ1) is 15.5. The molecule has 1 aliphatic carbocycles. The first-order valence-electron chi connectivity index (χ1n) is 10.5. The van der Waals surface area contributed by atoms with Crippen LogP contribution in [0.5, 0.6) is 11.5 Å². The van der Waals surface area contributed by atoms with E-state index in [1.54, 1.807) is 30.3 Å². The Morgan fingerprint density at radius 1 is 0.969 bits per heavy atom. The highest BCUT2D eigenvalue weighted by Crippen LogP contribution is 2.38. The molecule has 7 heteroatoms. The molecular formula is C25H20Cl2N2O3. The van der Waals surface area contributed by atoms with Gasteiger partial charge in [0.25, 0.3) is 0 Å². The van der Waals surface area contributed by atoms with E-state index >= 15 is 0 Å². The Kier molecular flexibility index (Phi) is 5.53. The molecule has 1 aromatic heterocycles.